The van der Waals surface area contributed by atoms with Gasteiger partial charge in [-0.15, -0.1) is 0 Å². The first-order valence-electron chi connectivity index (χ1n) is 3.31. The molecule has 1 saturated heterocycles. The van der Waals surface area contributed by atoms with Crippen LogP contribution in [0.3, 0.4) is 0 Å². The summed E-state index contributed by atoms with van der Waals surface area (Å²) in [6.07, 6.45) is 0.357. The van der Waals surface area contributed by atoms with Gasteiger partial charge < -0.3 is 10.4 Å². The summed E-state index contributed by atoms with van der Waals surface area (Å²) in [5.41, 5.74) is 0. The Labute approximate surface area is 54.1 Å². The second-order valence-electron chi connectivity index (χ2n) is 2.46. The molecule has 0 bridgehead atoms. The minimum absolute atomic E-state index is 0.00579. The van der Waals surface area contributed by atoms with Crippen LogP contribution in [-0.4, -0.2) is 30.5 Å². The summed E-state index contributed by atoms with van der Waals surface area (Å²) in [4.78, 5) is 0. The van der Waals surface area contributed by atoms with Crippen molar-refractivity contribution in [1.82, 2.24) is 5.32 Å². The average molecular weight is 133 g/mol. The molecule has 54 valence electrons. The standard InChI is InChI=1S/C6H12FNO/c7-5-1-2-8-6(3-5)4-9/h5-6,8-9H,1-4H2. The molecule has 2 nitrogen and oxygen atoms in total. The molecular weight excluding hydrogens is 121 g/mol. The first kappa shape index (κ1) is 6.96. The molecule has 1 fully saturated rings. The molecule has 0 aliphatic carbocycles. The zero-order chi connectivity index (χ0) is 6.69. The first-order valence-corrected chi connectivity index (χ1v) is 3.31. The van der Waals surface area contributed by atoms with E-state index in [-0.39, 0.29) is 12.6 Å². The molecule has 3 heteroatoms. The Kier molecular flexibility index (Phi) is 2.42. The van der Waals surface area contributed by atoms with Crippen LogP contribution >= 0.6 is 0 Å². The quantitative estimate of drug-likeness (QED) is 0.530. The number of halogens is 1. The maximum Gasteiger partial charge on any atom is 0.103 e. The van der Waals surface area contributed by atoms with Crippen molar-refractivity contribution in [3.63, 3.8) is 0 Å². The van der Waals surface area contributed by atoms with E-state index >= 15 is 0 Å². The average Bonchev–Trinajstić information content (AvgIpc) is 1.88. The lowest BCUT2D eigenvalue weighted by Crippen LogP contribution is -2.41. The third-order valence-corrected chi connectivity index (χ3v) is 1.65. The number of aliphatic hydroxyl groups is 1. The summed E-state index contributed by atoms with van der Waals surface area (Å²) < 4.78 is 12.5. The fourth-order valence-electron chi connectivity index (χ4n) is 1.09. The molecule has 2 unspecified atom stereocenters. The van der Waals surface area contributed by atoms with Crippen LogP contribution in [0.2, 0.25) is 0 Å². The summed E-state index contributed by atoms with van der Waals surface area (Å²) in [6, 6.07) is -0.00579. The van der Waals surface area contributed by atoms with Gasteiger partial charge in [-0.25, -0.2) is 4.39 Å². The van der Waals surface area contributed by atoms with E-state index < -0.39 is 6.17 Å². The summed E-state index contributed by atoms with van der Waals surface area (Å²) in [7, 11) is 0. The minimum atomic E-state index is -0.705. The Morgan fingerprint density at radius 2 is 2.44 bits per heavy atom. The van der Waals surface area contributed by atoms with Gasteiger partial charge in [0.2, 0.25) is 0 Å². The second kappa shape index (κ2) is 3.13. The fourth-order valence-corrected chi connectivity index (χ4v) is 1.09. The van der Waals surface area contributed by atoms with Crippen molar-refractivity contribution >= 4 is 0 Å². The van der Waals surface area contributed by atoms with E-state index in [1.165, 1.54) is 0 Å². The molecule has 0 radical (unpaired) electrons. The van der Waals surface area contributed by atoms with Crippen molar-refractivity contribution in [3.8, 4) is 0 Å². The van der Waals surface area contributed by atoms with Gasteiger partial charge in [0, 0.05) is 6.04 Å². The van der Waals surface area contributed by atoms with E-state index in [0.717, 1.165) is 0 Å². The van der Waals surface area contributed by atoms with Gasteiger partial charge in [-0.3, -0.25) is 0 Å². The zero-order valence-electron chi connectivity index (χ0n) is 5.31. The molecule has 0 spiro atoms. The number of rotatable bonds is 1. The van der Waals surface area contributed by atoms with Crippen molar-refractivity contribution < 1.29 is 9.50 Å². The van der Waals surface area contributed by atoms with Crippen molar-refractivity contribution in [1.29, 1.82) is 0 Å². The highest BCUT2D eigenvalue weighted by atomic mass is 19.1. The predicted octanol–water partition coefficient (Wildman–Crippen LogP) is 0.0688. The smallest absolute Gasteiger partial charge is 0.103 e. The van der Waals surface area contributed by atoms with Crippen LogP contribution in [0, 0.1) is 0 Å². The zero-order valence-corrected chi connectivity index (χ0v) is 5.31. The number of aliphatic hydroxyl groups excluding tert-OH is 1. The van der Waals surface area contributed by atoms with Crippen LogP contribution in [0.25, 0.3) is 0 Å². The van der Waals surface area contributed by atoms with E-state index in [1.54, 1.807) is 0 Å². The van der Waals surface area contributed by atoms with Gasteiger partial charge in [0.25, 0.3) is 0 Å². The molecule has 0 aromatic carbocycles. The minimum Gasteiger partial charge on any atom is -0.395 e. The molecule has 1 aliphatic heterocycles. The molecule has 0 aromatic rings. The largest absolute Gasteiger partial charge is 0.395 e. The van der Waals surface area contributed by atoms with Crippen LogP contribution < -0.4 is 5.32 Å². The highest BCUT2D eigenvalue weighted by Crippen LogP contribution is 2.10. The maximum absolute atomic E-state index is 12.5. The van der Waals surface area contributed by atoms with Crippen LogP contribution in [0.1, 0.15) is 12.8 Å². The molecule has 9 heavy (non-hydrogen) atoms. The van der Waals surface area contributed by atoms with E-state index in [1.807, 2.05) is 0 Å². The van der Waals surface area contributed by atoms with Gasteiger partial charge in [-0.05, 0) is 19.4 Å². The van der Waals surface area contributed by atoms with Crippen LogP contribution in [-0.2, 0) is 0 Å². The summed E-state index contributed by atoms with van der Waals surface area (Å²) in [5, 5.41) is 11.6. The van der Waals surface area contributed by atoms with Gasteiger partial charge in [0.05, 0.1) is 6.61 Å². The topological polar surface area (TPSA) is 32.3 Å². The fraction of sp³-hybridized carbons (Fsp3) is 1.00. The molecule has 1 aliphatic rings. The number of nitrogens with one attached hydrogen (secondary N) is 1. The second-order valence-corrected chi connectivity index (χ2v) is 2.46. The maximum atomic E-state index is 12.5. The molecule has 0 aromatic heterocycles. The van der Waals surface area contributed by atoms with Crippen molar-refractivity contribution in [2.75, 3.05) is 13.2 Å². The van der Waals surface area contributed by atoms with Gasteiger partial charge in [-0.2, -0.15) is 0 Å². The Balaban J connectivity index is 2.23. The molecule has 2 N–H and O–H groups in total. The lowest BCUT2D eigenvalue weighted by atomic mass is 10.0. The third kappa shape index (κ3) is 1.91. The number of hydrogen-bond donors (Lipinski definition) is 2. The van der Waals surface area contributed by atoms with E-state index in [0.29, 0.717) is 19.4 Å². The first-order chi connectivity index (χ1) is 4.33. The molecule has 0 saturated carbocycles. The van der Waals surface area contributed by atoms with Gasteiger partial charge in [0.15, 0.2) is 0 Å². The molecule has 2 atom stereocenters. The number of alkyl halides is 1. The van der Waals surface area contributed by atoms with Gasteiger partial charge in [0.1, 0.15) is 6.17 Å². The lowest BCUT2D eigenvalue weighted by molar-refractivity contribution is 0.164. The highest BCUT2D eigenvalue weighted by molar-refractivity contribution is 4.76. The summed E-state index contributed by atoms with van der Waals surface area (Å²) >= 11 is 0. The van der Waals surface area contributed by atoms with Crippen LogP contribution in [0.4, 0.5) is 4.39 Å². The van der Waals surface area contributed by atoms with Crippen molar-refractivity contribution in [2.45, 2.75) is 25.1 Å². The van der Waals surface area contributed by atoms with E-state index in [2.05, 4.69) is 5.32 Å². The van der Waals surface area contributed by atoms with Crippen molar-refractivity contribution in [3.05, 3.63) is 0 Å². The van der Waals surface area contributed by atoms with Crippen molar-refractivity contribution in [2.24, 2.45) is 0 Å². The monoisotopic (exact) mass is 133 g/mol. The summed E-state index contributed by atoms with van der Waals surface area (Å²) in [6.45, 7) is 0.757. The predicted molar refractivity (Wildman–Crippen MR) is 33.0 cm³/mol. The highest BCUT2D eigenvalue weighted by Gasteiger charge is 2.19. The molecular formula is C6H12FNO. The van der Waals surface area contributed by atoms with Crippen LogP contribution in [0.5, 0.6) is 0 Å². The Morgan fingerprint density at radius 1 is 1.67 bits per heavy atom. The SMILES string of the molecule is OCC1CC(F)CCN1. The molecule has 0 amide bonds. The number of piperidine rings is 1. The summed E-state index contributed by atoms with van der Waals surface area (Å²) in [5.74, 6) is 0. The Bertz CT molecular complexity index is 89.1. The molecule has 1 rings (SSSR count). The van der Waals surface area contributed by atoms with Gasteiger partial charge in [-0.1, -0.05) is 0 Å². The third-order valence-electron chi connectivity index (χ3n) is 1.65. The van der Waals surface area contributed by atoms with E-state index in [9.17, 15) is 4.39 Å². The lowest BCUT2D eigenvalue weighted by Gasteiger charge is -2.23. The van der Waals surface area contributed by atoms with Crippen LogP contribution in [0.15, 0.2) is 0 Å². The Hall–Kier alpha value is -0.150. The number of hydrogen-bond acceptors (Lipinski definition) is 2. The van der Waals surface area contributed by atoms with Gasteiger partial charge >= 0.3 is 0 Å². The van der Waals surface area contributed by atoms with E-state index in [4.69, 9.17) is 5.11 Å². The molecule has 1 heterocycles. The normalized spacial score (nSPS) is 36.7. The Morgan fingerprint density at radius 3 is 2.89 bits per heavy atom.